The minimum Gasteiger partial charge on any atom is -0.494 e. The average molecular weight is 355 g/mol. The number of carbonyl (C=O) groups is 2. The number of hydrogen-bond acceptors (Lipinski definition) is 4. The lowest BCUT2D eigenvalue weighted by atomic mass is 10.1. The van der Waals surface area contributed by atoms with E-state index in [0.717, 1.165) is 11.3 Å². The Kier molecular flexibility index (Phi) is 6.74. The molecule has 0 fully saturated rings. The van der Waals surface area contributed by atoms with Crippen molar-refractivity contribution < 1.29 is 14.3 Å². The van der Waals surface area contributed by atoms with Gasteiger partial charge in [0.25, 0.3) is 0 Å². The molecule has 2 aromatic rings. The Morgan fingerprint density at radius 3 is 2.27 bits per heavy atom. The summed E-state index contributed by atoms with van der Waals surface area (Å²) in [5, 5.41) is 2.85. The van der Waals surface area contributed by atoms with Gasteiger partial charge in [-0.25, -0.2) is 0 Å². The topological polar surface area (TPSA) is 84.7 Å². The molecule has 1 atom stereocenters. The van der Waals surface area contributed by atoms with E-state index in [-0.39, 0.29) is 11.9 Å². The zero-order valence-electron chi connectivity index (χ0n) is 15.4. The minimum atomic E-state index is -0.494. The summed E-state index contributed by atoms with van der Waals surface area (Å²) >= 11 is 0. The summed E-state index contributed by atoms with van der Waals surface area (Å²) in [6.45, 7) is 5.07. The highest BCUT2D eigenvalue weighted by Crippen LogP contribution is 2.15. The molecule has 0 aliphatic rings. The number of ether oxygens (including phenoxy) is 1. The summed E-state index contributed by atoms with van der Waals surface area (Å²) < 4.78 is 5.43. The average Bonchev–Trinajstić information content (AvgIpc) is 2.63. The molecular formula is C20H25N3O3. The normalized spacial score (nSPS) is 11.8. The summed E-state index contributed by atoms with van der Waals surface area (Å²) in [5.41, 5.74) is 7.34. The molecule has 0 spiro atoms. The molecule has 138 valence electrons. The standard InChI is InChI=1S/C20H25N3O3/c1-4-26-18-11-5-15(6-12-18)13-23(3)14(2)20(25)22-17-9-7-16(8-10-17)19(21)24/h5-12,14H,4,13H2,1-3H3,(H2,21,24)(H,22,25). The van der Waals surface area contributed by atoms with Crippen LogP contribution in [0.15, 0.2) is 48.5 Å². The van der Waals surface area contributed by atoms with Crippen molar-refractivity contribution in [2.45, 2.75) is 26.4 Å². The third-order valence-electron chi connectivity index (χ3n) is 4.14. The molecule has 0 aromatic heterocycles. The van der Waals surface area contributed by atoms with E-state index in [1.807, 2.05) is 50.1 Å². The molecule has 3 N–H and O–H groups in total. The van der Waals surface area contributed by atoms with Crippen molar-refractivity contribution in [2.75, 3.05) is 19.0 Å². The van der Waals surface area contributed by atoms with Gasteiger partial charge in [-0.2, -0.15) is 0 Å². The predicted octanol–water partition coefficient (Wildman–Crippen LogP) is 2.64. The van der Waals surface area contributed by atoms with Gasteiger partial charge in [-0.05, 0) is 62.9 Å². The second kappa shape index (κ2) is 9.01. The SMILES string of the molecule is CCOc1ccc(CN(C)C(C)C(=O)Nc2ccc(C(N)=O)cc2)cc1. The fraction of sp³-hybridized carbons (Fsp3) is 0.300. The summed E-state index contributed by atoms with van der Waals surface area (Å²) in [5.74, 6) is 0.223. The number of benzene rings is 2. The van der Waals surface area contributed by atoms with Gasteiger partial charge in [-0.3, -0.25) is 14.5 Å². The first-order valence-electron chi connectivity index (χ1n) is 8.53. The van der Waals surface area contributed by atoms with E-state index in [2.05, 4.69) is 5.32 Å². The van der Waals surface area contributed by atoms with Gasteiger partial charge < -0.3 is 15.8 Å². The van der Waals surface area contributed by atoms with Crippen molar-refractivity contribution in [3.63, 3.8) is 0 Å². The molecule has 0 radical (unpaired) electrons. The largest absolute Gasteiger partial charge is 0.494 e. The quantitative estimate of drug-likeness (QED) is 0.762. The molecule has 0 bridgehead atoms. The number of likely N-dealkylation sites (N-methyl/N-ethyl adjacent to an activating group) is 1. The van der Waals surface area contributed by atoms with E-state index in [9.17, 15) is 9.59 Å². The van der Waals surface area contributed by atoms with Crippen LogP contribution < -0.4 is 15.8 Å². The number of rotatable bonds is 8. The van der Waals surface area contributed by atoms with Gasteiger partial charge in [0.2, 0.25) is 11.8 Å². The van der Waals surface area contributed by atoms with Crippen molar-refractivity contribution in [1.29, 1.82) is 0 Å². The Bertz CT molecular complexity index is 742. The Hall–Kier alpha value is -2.86. The number of primary amides is 1. The Morgan fingerprint density at radius 1 is 1.12 bits per heavy atom. The van der Waals surface area contributed by atoms with Crippen molar-refractivity contribution in [2.24, 2.45) is 5.73 Å². The van der Waals surface area contributed by atoms with E-state index in [4.69, 9.17) is 10.5 Å². The highest BCUT2D eigenvalue weighted by molar-refractivity contribution is 5.96. The lowest BCUT2D eigenvalue weighted by molar-refractivity contribution is -0.120. The van der Waals surface area contributed by atoms with Gasteiger partial charge in [0.15, 0.2) is 0 Å². The van der Waals surface area contributed by atoms with Crippen molar-refractivity contribution in [3.8, 4) is 5.75 Å². The van der Waals surface area contributed by atoms with Crippen LogP contribution in [0.25, 0.3) is 0 Å². The maximum Gasteiger partial charge on any atom is 0.248 e. The molecule has 0 heterocycles. The van der Waals surface area contributed by atoms with Crippen molar-refractivity contribution in [3.05, 3.63) is 59.7 Å². The third kappa shape index (κ3) is 5.32. The Morgan fingerprint density at radius 2 is 1.73 bits per heavy atom. The van der Waals surface area contributed by atoms with Crippen LogP contribution in [0, 0.1) is 0 Å². The maximum absolute atomic E-state index is 12.4. The number of anilines is 1. The number of nitrogens with two attached hydrogens (primary N) is 1. The number of carbonyl (C=O) groups excluding carboxylic acids is 2. The zero-order chi connectivity index (χ0) is 19.1. The zero-order valence-corrected chi connectivity index (χ0v) is 15.4. The van der Waals surface area contributed by atoms with E-state index in [1.54, 1.807) is 24.3 Å². The molecule has 6 nitrogen and oxygen atoms in total. The van der Waals surface area contributed by atoms with Gasteiger partial charge in [0, 0.05) is 17.8 Å². The van der Waals surface area contributed by atoms with E-state index in [0.29, 0.717) is 24.4 Å². The van der Waals surface area contributed by atoms with Gasteiger partial charge in [0.1, 0.15) is 5.75 Å². The Balaban J connectivity index is 1.92. The van der Waals surface area contributed by atoms with E-state index >= 15 is 0 Å². The van der Waals surface area contributed by atoms with Gasteiger partial charge in [0.05, 0.1) is 12.6 Å². The molecule has 0 saturated carbocycles. The summed E-state index contributed by atoms with van der Waals surface area (Å²) in [7, 11) is 1.90. The van der Waals surface area contributed by atoms with Crippen LogP contribution >= 0.6 is 0 Å². The van der Waals surface area contributed by atoms with Gasteiger partial charge in [-0.15, -0.1) is 0 Å². The summed E-state index contributed by atoms with van der Waals surface area (Å²) in [6.07, 6.45) is 0. The number of hydrogen-bond donors (Lipinski definition) is 2. The smallest absolute Gasteiger partial charge is 0.248 e. The highest BCUT2D eigenvalue weighted by Gasteiger charge is 2.18. The van der Waals surface area contributed by atoms with E-state index < -0.39 is 5.91 Å². The van der Waals surface area contributed by atoms with Crippen LogP contribution in [-0.4, -0.2) is 36.4 Å². The molecule has 2 rings (SSSR count). The lowest BCUT2D eigenvalue weighted by Crippen LogP contribution is -2.39. The number of nitrogens with zero attached hydrogens (tertiary/aromatic N) is 1. The van der Waals surface area contributed by atoms with Crippen molar-refractivity contribution in [1.82, 2.24) is 4.90 Å². The molecule has 0 aliphatic carbocycles. The monoisotopic (exact) mass is 355 g/mol. The summed E-state index contributed by atoms with van der Waals surface area (Å²) in [6, 6.07) is 14.0. The minimum absolute atomic E-state index is 0.120. The van der Waals surface area contributed by atoms with Crippen molar-refractivity contribution >= 4 is 17.5 Å². The van der Waals surface area contributed by atoms with Crippen LogP contribution in [0.1, 0.15) is 29.8 Å². The first kappa shape index (κ1) is 19.5. The second-order valence-electron chi connectivity index (χ2n) is 6.10. The third-order valence-corrected chi connectivity index (χ3v) is 4.14. The van der Waals surface area contributed by atoms with Crippen LogP contribution in [-0.2, 0) is 11.3 Å². The molecule has 2 amide bonds. The molecule has 2 aromatic carbocycles. The lowest BCUT2D eigenvalue weighted by Gasteiger charge is -2.24. The molecule has 0 saturated heterocycles. The van der Waals surface area contributed by atoms with Crippen LogP contribution in [0.4, 0.5) is 5.69 Å². The van der Waals surface area contributed by atoms with Crippen LogP contribution in [0.5, 0.6) is 5.75 Å². The maximum atomic E-state index is 12.4. The van der Waals surface area contributed by atoms with Crippen LogP contribution in [0.2, 0.25) is 0 Å². The second-order valence-corrected chi connectivity index (χ2v) is 6.10. The predicted molar refractivity (Wildman–Crippen MR) is 102 cm³/mol. The van der Waals surface area contributed by atoms with Gasteiger partial charge >= 0.3 is 0 Å². The van der Waals surface area contributed by atoms with Crippen LogP contribution in [0.3, 0.4) is 0 Å². The highest BCUT2D eigenvalue weighted by atomic mass is 16.5. The fourth-order valence-electron chi connectivity index (χ4n) is 2.45. The molecule has 1 unspecified atom stereocenters. The molecule has 6 heteroatoms. The first-order valence-corrected chi connectivity index (χ1v) is 8.53. The molecular weight excluding hydrogens is 330 g/mol. The van der Waals surface area contributed by atoms with Gasteiger partial charge in [-0.1, -0.05) is 12.1 Å². The molecule has 26 heavy (non-hydrogen) atoms. The molecule has 0 aliphatic heterocycles. The van der Waals surface area contributed by atoms with E-state index in [1.165, 1.54) is 0 Å². The fourth-order valence-corrected chi connectivity index (χ4v) is 2.45. The first-order chi connectivity index (χ1) is 12.4. The number of nitrogens with one attached hydrogen (secondary N) is 1. The number of amides is 2. The summed E-state index contributed by atoms with van der Waals surface area (Å²) in [4.78, 5) is 25.5. The Labute approximate surface area is 153 Å².